The molecule has 2 unspecified atom stereocenters. The third kappa shape index (κ3) is 3.99. The van der Waals surface area contributed by atoms with Crippen molar-refractivity contribution in [1.29, 1.82) is 0 Å². The van der Waals surface area contributed by atoms with Crippen LogP contribution in [0, 0.1) is 11.3 Å². The van der Waals surface area contributed by atoms with Crippen LogP contribution in [0.1, 0.15) is 51.9 Å². The van der Waals surface area contributed by atoms with Crippen molar-refractivity contribution in [3.05, 3.63) is 0 Å². The highest BCUT2D eigenvalue weighted by molar-refractivity contribution is 7.98. The van der Waals surface area contributed by atoms with E-state index in [9.17, 15) is 0 Å². The average molecular weight is 229 g/mol. The Morgan fingerprint density at radius 3 is 2.87 bits per heavy atom. The number of thioether (sulfide) groups is 1. The van der Waals surface area contributed by atoms with Gasteiger partial charge in [-0.05, 0) is 55.6 Å². The lowest BCUT2D eigenvalue weighted by Gasteiger charge is -2.40. The molecular weight excluding hydrogens is 202 g/mol. The average Bonchev–Trinajstić information content (AvgIpc) is 2.30. The molecule has 0 amide bonds. The van der Waals surface area contributed by atoms with Crippen LogP contribution in [0.15, 0.2) is 0 Å². The molecule has 0 saturated heterocycles. The van der Waals surface area contributed by atoms with Gasteiger partial charge in [-0.2, -0.15) is 11.8 Å². The van der Waals surface area contributed by atoms with E-state index in [2.05, 4.69) is 13.2 Å². The molecule has 2 N–H and O–H groups in total. The monoisotopic (exact) mass is 229 g/mol. The molecule has 1 nitrogen and oxygen atoms in total. The molecule has 1 fully saturated rings. The molecule has 0 aromatic heterocycles. The highest BCUT2D eigenvalue weighted by Crippen LogP contribution is 2.43. The van der Waals surface area contributed by atoms with Crippen LogP contribution in [0.3, 0.4) is 0 Å². The minimum Gasteiger partial charge on any atom is -0.330 e. The van der Waals surface area contributed by atoms with Crippen LogP contribution in [0.5, 0.6) is 0 Å². The van der Waals surface area contributed by atoms with E-state index in [1.165, 1.54) is 50.7 Å². The fraction of sp³-hybridized carbons (Fsp3) is 1.00. The Bertz CT molecular complexity index is 172. The molecular formula is C13H27NS. The third-order valence-electron chi connectivity index (χ3n) is 4.11. The fourth-order valence-electron chi connectivity index (χ4n) is 3.04. The Kier molecular flexibility index (Phi) is 6.06. The number of hydrogen-bond donors (Lipinski definition) is 1. The van der Waals surface area contributed by atoms with Gasteiger partial charge in [0.05, 0.1) is 0 Å². The quantitative estimate of drug-likeness (QED) is 0.703. The fourth-order valence-corrected chi connectivity index (χ4v) is 3.47. The van der Waals surface area contributed by atoms with Crippen LogP contribution in [0.4, 0.5) is 0 Å². The van der Waals surface area contributed by atoms with Crippen molar-refractivity contribution in [2.45, 2.75) is 51.9 Å². The molecule has 1 rings (SSSR count). The zero-order valence-corrected chi connectivity index (χ0v) is 11.2. The molecule has 2 atom stereocenters. The van der Waals surface area contributed by atoms with Crippen molar-refractivity contribution in [1.82, 2.24) is 0 Å². The second kappa shape index (κ2) is 6.80. The van der Waals surface area contributed by atoms with Crippen molar-refractivity contribution in [2.24, 2.45) is 17.1 Å². The SMILES string of the molecule is CCC1CCCC(CN)(CCCSC)C1. The lowest BCUT2D eigenvalue weighted by molar-refractivity contribution is 0.130. The summed E-state index contributed by atoms with van der Waals surface area (Å²) in [5.41, 5.74) is 6.54. The maximum absolute atomic E-state index is 6.03. The summed E-state index contributed by atoms with van der Waals surface area (Å²) in [5.74, 6) is 2.26. The third-order valence-corrected chi connectivity index (χ3v) is 4.80. The van der Waals surface area contributed by atoms with Crippen LogP contribution in [0.25, 0.3) is 0 Å². The summed E-state index contributed by atoms with van der Waals surface area (Å²) in [4.78, 5) is 0. The molecule has 0 aliphatic heterocycles. The highest BCUT2D eigenvalue weighted by Gasteiger charge is 2.33. The number of hydrogen-bond acceptors (Lipinski definition) is 2. The topological polar surface area (TPSA) is 26.0 Å². The van der Waals surface area contributed by atoms with Crippen molar-refractivity contribution in [3.63, 3.8) is 0 Å². The summed E-state index contributed by atoms with van der Waals surface area (Å²) in [7, 11) is 0. The first-order valence-corrected chi connectivity index (χ1v) is 7.85. The number of nitrogens with two attached hydrogens (primary N) is 1. The molecule has 0 spiro atoms. The van der Waals surface area contributed by atoms with Gasteiger partial charge < -0.3 is 5.73 Å². The Morgan fingerprint density at radius 2 is 2.27 bits per heavy atom. The molecule has 0 bridgehead atoms. The zero-order chi connectivity index (χ0) is 11.1. The molecule has 1 aliphatic rings. The van der Waals surface area contributed by atoms with Crippen LogP contribution in [-0.2, 0) is 0 Å². The van der Waals surface area contributed by atoms with Gasteiger partial charge in [-0.3, -0.25) is 0 Å². The molecule has 1 aliphatic carbocycles. The van der Waals surface area contributed by atoms with Gasteiger partial charge in [-0.25, -0.2) is 0 Å². The summed E-state index contributed by atoms with van der Waals surface area (Å²) in [5, 5.41) is 0. The molecule has 90 valence electrons. The van der Waals surface area contributed by atoms with Crippen molar-refractivity contribution < 1.29 is 0 Å². The maximum atomic E-state index is 6.03. The van der Waals surface area contributed by atoms with Crippen LogP contribution < -0.4 is 5.73 Å². The minimum atomic E-state index is 0.509. The largest absolute Gasteiger partial charge is 0.330 e. The molecule has 0 aromatic rings. The minimum absolute atomic E-state index is 0.509. The Labute approximate surface area is 99.6 Å². The van der Waals surface area contributed by atoms with Gasteiger partial charge in [0.1, 0.15) is 0 Å². The zero-order valence-electron chi connectivity index (χ0n) is 10.4. The van der Waals surface area contributed by atoms with E-state index in [-0.39, 0.29) is 0 Å². The first-order valence-electron chi connectivity index (χ1n) is 6.45. The molecule has 0 heterocycles. The molecule has 1 saturated carbocycles. The van der Waals surface area contributed by atoms with Crippen LogP contribution in [0.2, 0.25) is 0 Å². The molecule has 2 heteroatoms. The van der Waals surface area contributed by atoms with Gasteiger partial charge in [0, 0.05) is 0 Å². The van der Waals surface area contributed by atoms with Crippen LogP contribution >= 0.6 is 11.8 Å². The second-order valence-corrected chi connectivity index (χ2v) is 6.16. The van der Waals surface area contributed by atoms with Crippen molar-refractivity contribution >= 4 is 11.8 Å². The first kappa shape index (κ1) is 13.4. The Hall–Kier alpha value is 0.310. The van der Waals surface area contributed by atoms with Gasteiger partial charge in [0.25, 0.3) is 0 Å². The highest BCUT2D eigenvalue weighted by atomic mass is 32.2. The molecule has 0 radical (unpaired) electrons. The standard InChI is InChI=1S/C13H27NS/c1-3-12-6-4-7-13(10-12,11-14)8-5-9-15-2/h12H,3-11,14H2,1-2H3. The molecule has 0 aromatic carbocycles. The maximum Gasteiger partial charge on any atom is -0.00204 e. The smallest absolute Gasteiger partial charge is 0.00204 e. The van der Waals surface area contributed by atoms with E-state index in [1.54, 1.807) is 0 Å². The lowest BCUT2D eigenvalue weighted by Crippen LogP contribution is -2.36. The van der Waals surface area contributed by atoms with Gasteiger partial charge in [-0.1, -0.05) is 26.2 Å². The van der Waals surface area contributed by atoms with E-state index < -0.39 is 0 Å². The summed E-state index contributed by atoms with van der Waals surface area (Å²) in [6.07, 6.45) is 11.9. The van der Waals surface area contributed by atoms with Gasteiger partial charge in [-0.15, -0.1) is 0 Å². The predicted octanol–water partition coefficient (Wildman–Crippen LogP) is 3.67. The van der Waals surface area contributed by atoms with E-state index in [0.717, 1.165) is 12.5 Å². The normalized spacial score (nSPS) is 31.8. The van der Waals surface area contributed by atoms with E-state index in [1.807, 2.05) is 11.8 Å². The van der Waals surface area contributed by atoms with Crippen molar-refractivity contribution in [2.75, 3.05) is 18.6 Å². The summed E-state index contributed by atoms with van der Waals surface area (Å²) in [6.45, 7) is 3.25. The molecule has 15 heavy (non-hydrogen) atoms. The Balaban J connectivity index is 2.43. The van der Waals surface area contributed by atoms with Crippen LogP contribution in [-0.4, -0.2) is 18.6 Å². The van der Waals surface area contributed by atoms with Gasteiger partial charge in [0.2, 0.25) is 0 Å². The summed E-state index contributed by atoms with van der Waals surface area (Å²) >= 11 is 1.97. The lowest BCUT2D eigenvalue weighted by atomic mass is 9.67. The summed E-state index contributed by atoms with van der Waals surface area (Å²) in [6, 6.07) is 0. The van der Waals surface area contributed by atoms with E-state index >= 15 is 0 Å². The van der Waals surface area contributed by atoms with E-state index in [4.69, 9.17) is 5.73 Å². The van der Waals surface area contributed by atoms with Crippen molar-refractivity contribution in [3.8, 4) is 0 Å². The van der Waals surface area contributed by atoms with Gasteiger partial charge in [0.15, 0.2) is 0 Å². The van der Waals surface area contributed by atoms with E-state index in [0.29, 0.717) is 5.41 Å². The summed E-state index contributed by atoms with van der Waals surface area (Å²) < 4.78 is 0. The number of rotatable bonds is 6. The first-order chi connectivity index (χ1) is 7.26. The predicted molar refractivity (Wildman–Crippen MR) is 71.4 cm³/mol. The second-order valence-electron chi connectivity index (χ2n) is 5.17. The Morgan fingerprint density at radius 1 is 1.47 bits per heavy atom. The van der Waals surface area contributed by atoms with Gasteiger partial charge >= 0.3 is 0 Å².